The first kappa shape index (κ1) is 26.7. The van der Waals surface area contributed by atoms with Gasteiger partial charge >= 0.3 is 6.09 Å². The molecule has 1 saturated heterocycles. The number of nitrogens with two attached hydrogens (primary N) is 1. The van der Waals surface area contributed by atoms with E-state index in [0.717, 1.165) is 56.2 Å². The Kier molecular flexibility index (Phi) is 7.02. The standard InChI is InChI=1S/C31H38FN5O3/c1-18(2)35(3)30(38)26-12-23(32)4-5-28(26)37-17-27(25-6-7-34-13-29(25)37)20-10-21-15-36(16-22(21)11-20)14-19-8-24(9-19)40-31(33)39/h4-7,12-13,17-22,24H,8-11,14-16H2,1-3H3,(H2,33,39). The summed E-state index contributed by atoms with van der Waals surface area (Å²) in [6, 6.07) is 6.52. The van der Waals surface area contributed by atoms with E-state index in [1.807, 2.05) is 30.8 Å². The van der Waals surface area contributed by atoms with Gasteiger partial charge in [0.1, 0.15) is 11.9 Å². The summed E-state index contributed by atoms with van der Waals surface area (Å²) in [5, 5.41) is 1.15. The van der Waals surface area contributed by atoms with Gasteiger partial charge in [-0.15, -0.1) is 0 Å². The number of carbonyl (C=O) groups is 2. The van der Waals surface area contributed by atoms with Crippen LogP contribution in [0.3, 0.4) is 0 Å². The first-order valence-corrected chi connectivity index (χ1v) is 14.4. The third-order valence-electron chi connectivity index (χ3n) is 9.44. The molecule has 0 spiro atoms. The molecule has 2 aromatic heterocycles. The predicted octanol–water partition coefficient (Wildman–Crippen LogP) is 4.94. The molecule has 2 saturated carbocycles. The summed E-state index contributed by atoms with van der Waals surface area (Å²) in [5.41, 5.74) is 8.38. The minimum Gasteiger partial charge on any atom is -0.446 e. The summed E-state index contributed by atoms with van der Waals surface area (Å²) in [6.07, 6.45) is 9.22. The van der Waals surface area contributed by atoms with Gasteiger partial charge in [0.2, 0.25) is 0 Å². The minimum absolute atomic E-state index is 0.00564. The molecular weight excluding hydrogens is 509 g/mol. The Balaban J connectivity index is 1.21. The van der Waals surface area contributed by atoms with E-state index in [-0.39, 0.29) is 18.1 Å². The van der Waals surface area contributed by atoms with Gasteiger partial charge in [0.15, 0.2) is 0 Å². The molecule has 1 aliphatic heterocycles. The van der Waals surface area contributed by atoms with Crippen molar-refractivity contribution in [1.29, 1.82) is 0 Å². The topological polar surface area (TPSA) is 93.7 Å². The van der Waals surface area contributed by atoms with Crippen molar-refractivity contribution < 1.29 is 18.7 Å². The highest BCUT2D eigenvalue weighted by molar-refractivity contribution is 5.99. The third kappa shape index (κ3) is 4.96. The van der Waals surface area contributed by atoms with Gasteiger partial charge in [-0.2, -0.15) is 0 Å². The minimum atomic E-state index is -0.674. The monoisotopic (exact) mass is 547 g/mol. The lowest BCUT2D eigenvalue weighted by atomic mass is 9.82. The number of fused-ring (bicyclic) bond motifs is 2. The molecule has 0 bridgehead atoms. The molecule has 3 aliphatic rings. The normalized spacial score (nSPS) is 26.2. The highest BCUT2D eigenvalue weighted by Crippen LogP contribution is 2.49. The number of hydrogen-bond acceptors (Lipinski definition) is 5. The highest BCUT2D eigenvalue weighted by Gasteiger charge is 2.43. The van der Waals surface area contributed by atoms with Gasteiger partial charge in [-0.25, -0.2) is 9.18 Å². The average Bonchev–Trinajstić information content (AvgIpc) is 3.57. The summed E-state index contributed by atoms with van der Waals surface area (Å²) >= 11 is 0. The van der Waals surface area contributed by atoms with Crippen LogP contribution in [0, 0.1) is 23.6 Å². The third-order valence-corrected chi connectivity index (χ3v) is 9.44. The quantitative estimate of drug-likeness (QED) is 0.452. The number of benzene rings is 1. The number of ether oxygens (including phenoxy) is 1. The van der Waals surface area contributed by atoms with E-state index in [1.165, 1.54) is 17.7 Å². The fraction of sp³-hybridized carbons (Fsp3) is 0.516. The zero-order chi connectivity index (χ0) is 28.1. The van der Waals surface area contributed by atoms with Crippen LogP contribution in [0.15, 0.2) is 42.9 Å². The fourth-order valence-corrected chi connectivity index (χ4v) is 7.19. The summed E-state index contributed by atoms with van der Waals surface area (Å²) < 4.78 is 21.5. The molecule has 212 valence electrons. The van der Waals surface area contributed by atoms with E-state index in [2.05, 4.69) is 22.1 Å². The molecule has 3 fully saturated rings. The Morgan fingerprint density at radius 1 is 1.15 bits per heavy atom. The van der Waals surface area contributed by atoms with Gasteiger partial charge in [0.05, 0.1) is 23.0 Å². The Morgan fingerprint density at radius 3 is 2.55 bits per heavy atom. The molecule has 2 amide bonds. The van der Waals surface area contributed by atoms with Crippen molar-refractivity contribution in [2.45, 2.75) is 57.6 Å². The molecule has 40 heavy (non-hydrogen) atoms. The van der Waals surface area contributed by atoms with Crippen molar-refractivity contribution in [2.75, 3.05) is 26.7 Å². The van der Waals surface area contributed by atoms with Crippen LogP contribution < -0.4 is 5.73 Å². The van der Waals surface area contributed by atoms with Gasteiger partial charge in [0.25, 0.3) is 5.91 Å². The molecule has 3 aromatic rings. The van der Waals surface area contributed by atoms with Crippen LogP contribution in [0.5, 0.6) is 0 Å². The van der Waals surface area contributed by atoms with Crippen LogP contribution in [0.2, 0.25) is 0 Å². The number of rotatable bonds is 7. The maximum atomic E-state index is 14.4. The van der Waals surface area contributed by atoms with E-state index in [1.54, 1.807) is 18.0 Å². The molecule has 1 aromatic carbocycles. The Bertz CT molecular complexity index is 1420. The average molecular weight is 548 g/mol. The van der Waals surface area contributed by atoms with Crippen molar-refractivity contribution in [1.82, 2.24) is 19.4 Å². The van der Waals surface area contributed by atoms with Crippen molar-refractivity contribution in [3.63, 3.8) is 0 Å². The number of likely N-dealkylation sites (tertiary alicyclic amines) is 1. The second-order valence-corrected chi connectivity index (χ2v) is 12.3. The van der Waals surface area contributed by atoms with Crippen molar-refractivity contribution in [3.05, 3.63) is 59.8 Å². The lowest BCUT2D eigenvalue weighted by Gasteiger charge is -2.36. The number of amides is 2. The zero-order valence-corrected chi connectivity index (χ0v) is 23.4. The second kappa shape index (κ2) is 10.5. The second-order valence-electron chi connectivity index (χ2n) is 12.3. The van der Waals surface area contributed by atoms with Crippen LogP contribution >= 0.6 is 0 Å². The summed E-state index contributed by atoms with van der Waals surface area (Å²) in [6.45, 7) is 7.18. The van der Waals surface area contributed by atoms with Crippen LogP contribution in [0.1, 0.15) is 61.4 Å². The van der Waals surface area contributed by atoms with Crippen molar-refractivity contribution in [3.8, 4) is 5.69 Å². The number of aromatic nitrogens is 2. The maximum Gasteiger partial charge on any atom is 0.404 e. The SMILES string of the molecule is CC(C)N(C)C(=O)c1cc(F)ccc1-n1cc(C2CC3CN(CC4CC(OC(N)=O)C4)CC3C2)c2ccncc21. The van der Waals surface area contributed by atoms with E-state index >= 15 is 0 Å². The molecular formula is C31H38FN5O3. The van der Waals surface area contributed by atoms with E-state index in [0.29, 0.717) is 34.9 Å². The van der Waals surface area contributed by atoms with Crippen LogP contribution in [0.25, 0.3) is 16.6 Å². The molecule has 2 unspecified atom stereocenters. The van der Waals surface area contributed by atoms with Crippen LogP contribution in [-0.2, 0) is 4.74 Å². The Labute approximate surface area is 234 Å². The molecule has 9 heteroatoms. The molecule has 2 N–H and O–H groups in total. The fourth-order valence-electron chi connectivity index (χ4n) is 7.19. The van der Waals surface area contributed by atoms with Gasteiger partial charge in [-0.1, -0.05) is 0 Å². The van der Waals surface area contributed by atoms with Crippen LogP contribution in [-0.4, -0.2) is 70.2 Å². The van der Waals surface area contributed by atoms with Crippen molar-refractivity contribution in [2.24, 2.45) is 23.5 Å². The predicted molar refractivity (Wildman–Crippen MR) is 151 cm³/mol. The lowest BCUT2D eigenvalue weighted by Crippen LogP contribution is -2.41. The van der Waals surface area contributed by atoms with Crippen molar-refractivity contribution >= 4 is 22.9 Å². The molecule has 2 aliphatic carbocycles. The number of pyridine rings is 1. The largest absolute Gasteiger partial charge is 0.446 e. The molecule has 3 heterocycles. The summed E-state index contributed by atoms with van der Waals surface area (Å²) in [5.74, 6) is 1.69. The molecule has 8 nitrogen and oxygen atoms in total. The highest BCUT2D eigenvalue weighted by atomic mass is 19.1. The maximum absolute atomic E-state index is 14.4. The van der Waals surface area contributed by atoms with Gasteiger partial charge in [0, 0.05) is 50.5 Å². The van der Waals surface area contributed by atoms with E-state index in [9.17, 15) is 14.0 Å². The smallest absolute Gasteiger partial charge is 0.404 e. The Hall–Kier alpha value is -3.46. The summed E-state index contributed by atoms with van der Waals surface area (Å²) in [7, 11) is 1.75. The molecule has 0 radical (unpaired) electrons. The van der Waals surface area contributed by atoms with Gasteiger partial charge in [-0.3, -0.25) is 9.78 Å². The summed E-state index contributed by atoms with van der Waals surface area (Å²) in [4.78, 5) is 32.9. The van der Waals surface area contributed by atoms with E-state index in [4.69, 9.17) is 10.5 Å². The number of primary amides is 1. The zero-order valence-electron chi connectivity index (χ0n) is 23.4. The lowest BCUT2D eigenvalue weighted by molar-refractivity contribution is 0.0109. The number of halogens is 1. The van der Waals surface area contributed by atoms with Gasteiger partial charge < -0.3 is 24.8 Å². The number of carbonyl (C=O) groups excluding carboxylic acids is 2. The first-order chi connectivity index (χ1) is 19.2. The molecule has 2 atom stereocenters. The van der Waals surface area contributed by atoms with Crippen LogP contribution in [0.4, 0.5) is 9.18 Å². The molecule has 6 rings (SSSR count). The first-order valence-electron chi connectivity index (χ1n) is 14.4. The van der Waals surface area contributed by atoms with E-state index < -0.39 is 11.9 Å². The number of nitrogens with zero attached hydrogens (tertiary/aromatic N) is 4. The Morgan fingerprint density at radius 2 is 1.88 bits per heavy atom. The van der Waals surface area contributed by atoms with Gasteiger partial charge in [-0.05, 0) is 93.0 Å². The number of hydrogen-bond donors (Lipinski definition) is 1.